The van der Waals surface area contributed by atoms with Gasteiger partial charge in [0, 0.05) is 0 Å². The van der Waals surface area contributed by atoms with Gasteiger partial charge in [-0.3, -0.25) is 4.79 Å². The third kappa shape index (κ3) is 3.70. The number of hydrogen-bond donors (Lipinski definition) is 2. The Labute approximate surface area is 114 Å². The van der Waals surface area contributed by atoms with Crippen molar-refractivity contribution >= 4 is 5.91 Å². The second-order valence-electron chi connectivity index (χ2n) is 4.88. The molecule has 1 amide bonds. The Morgan fingerprint density at radius 1 is 1.47 bits per heavy atom. The SMILES string of the molecule is CCOc1ccc(C(C)NC(=O)[C@H]2CCCN2)cc1. The minimum Gasteiger partial charge on any atom is -0.494 e. The molecule has 1 aliphatic heterocycles. The third-order valence-electron chi connectivity index (χ3n) is 3.43. The van der Waals surface area contributed by atoms with E-state index in [0.29, 0.717) is 6.61 Å². The predicted octanol–water partition coefficient (Wildman–Crippen LogP) is 2.01. The second kappa shape index (κ2) is 6.57. The summed E-state index contributed by atoms with van der Waals surface area (Å²) in [6.45, 7) is 5.57. The van der Waals surface area contributed by atoms with Crippen molar-refractivity contribution in [2.75, 3.05) is 13.2 Å². The van der Waals surface area contributed by atoms with Gasteiger partial charge < -0.3 is 15.4 Å². The summed E-state index contributed by atoms with van der Waals surface area (Å²) in [6, 6.07) is 7.87. The lowest BCUT2D eigenvalue weighted by molar-refractivity contribution is -0.123. The molecule has 1 heterocycles. The molecular weight excluding hydrogens is 240 g/mol. The quantitative estimate of drug-likeness (QED) is 0.853. The minimum atomic E-state index is -0.0230. The van der Waals surface area contributed by atoms with Crippen LogP contribution in [0.1, 0.15) is 38.3 Å². The molecule has 1 unspecified atom stereocenters. The summed E-state index contributed by atoms with van der Waals surface area (Å²) < 4.78 is 5.41. The first-order valence-electron chi connectivity index (χ1n) is 6.97. The van der Waals surface area contributed by atoms with E-state index in [9.17, 15) is 4.79 Å². The zero-order valence-electron chi connectivity index (χ0n) is 11.6. The Morgan fingerprint density at radius 3 is 2.79 bits per heavy atom. The Bertz CT molecular complexity index is 411. The molecule has 1 aliphatic rings. The summed E-state index contributed by atoms with van der Waals surface area (Å²) in [7, 11) is 0. The number of carbonyl (C=O) groups excluding carboxylic acids is 1. The summed E-state index contributed by atoms with van der Waals surface area (Å²) in [5.41, 5.74) is 1.09. The fraction of sp³-hybridized carbons (Fsp3) is 0.533. The highest BCUT2D eigenvalue weighted by Gasteiger charge is 2.23. The van der Waals surface area contributed by atoms with Gasteiger partial charge >= 0.3 is 0 Å². The summed E-state index contributed by atoms with van der Waals surface area (Å²) >= 11 is 0. The van der Waals surface area contributed by atoms with Crippen molar-refractivity contribution in [3.8, 4) is 5.75 Å². The highest BCUT2D eigenvalue weighted by Crippen LogP contribution is 2.18. The first-order valence-corrected chi connectivity index (χ1v) is 6.97. The van der Waals surface area contributed by atoms with Crippen molar-refractivity contribution in [2.24, 2.45) is 0 Å². The maximum Gasteiger partial charge on any atom is 0.237 e. The molecule has 2 atom stereocenters. The highest BCUT2D eigenvalue weighted by atomic mass is 16.5. The molecule has 1 aromatic rings. The maximum atomic E-state index is 12.0. The molecule has 0 spiro atoms. The smallest absolute Gasteiger partial charge is 0.237 e. The van der Waals surface area contributed by atoms with Crippen LogP contribution in [0.3, 0.4) is 0 Å². The van der Waals surface area contributed by atoms with Crippen LogP contribution in [0, 0.1) is 0 Å². The molecule has 1 saturated heterocycles. The summed E-state index contributed by atoms with van der Waals surface area (Å²) in [5.74, 6) is 0.959. The summed E-state index contributed by atoms with van der Waals surface area (Å²) in [5, 5.41) is 6.25. The first-order chi connectivity index (χ1) is 9.20. The van der Waals surface area contributed by atoms with Crippen LogP contribution in [0.15, 0.2) is 24.3 Å². The van der Waals surface area contributed by atoms with Crippen molar-refractivity contribution in [1.29, 1.82) is 0 Å². The number of rotatable bonds is 5. The lowest BCUT2D eigenvalue weighted by atomic mass is 10.1. The Morgan fingerprint density at radius 2 is 2.21 bits per heavy atom. The molecular formula is C15H22N2O2. The Hall–Kier alpha value is -1.55. The zero-order chi connectivity index (χ0) is 13.7. The van der Waals surface area contributed by atoms with E-state index in [1.807, 2.05) is 38.1 Å². The first kappa shape index (κ1) is 13.9. The van der Waals surface area contributed by atoms with E-state index < -0.39 is 0 Å². The molecule has 0 saturated carbocycles. The number of nitrogens with one attached hydrogen (secondary N) is 2. The maximum absolute atomic E-state index is 12.0. The molecule has 0 aromatic heterocycles. The molecule has 1 aromatic carbocycles. The van der Waals surface area contributed by atoms with E-state index >= 15 is 0 Å². The van der Waals surface area contributed by atoms with Gasteiger partial charge in [-0.1, -0.05) is 12.1 Å². The van der Waals surface area contributed by atoms with E-state index in [4.69, 9.17) is 4.74 Å². The molecule has 4 nitrogen and oxygen atoms in total. The Balaban J connectivity index is 1.91. The van der Waals surface area contributed by atoms with Gasteiger partial charge in [-0.2, -0.15) is 0 Å². The van der Waals surface area contributed by atoms with Crippen molar-refractivity contribution < 1.29 is 9.53 Å². The molecule has 1 fully saturated rings. The van der Waals surface area contributed by atoms with Crippen molar-refractivity contribution in [3.05, 3.63) is 29.8 Å². The molecule has 0 radical (unpaired) electrons. The number of ether oxygens (including phenoxy) is 1. The molecule has 2 rings (SSSR count). The standard InChI is InChI=1S/C15H22N2O2/c1-3-19-13-8-6-12(7-9-13)11(2)17-15(18)14-5-4-10-16-14/h6-9,11,14,16H,3-5,10H2,1-2H3,(H,17,18)/t11?,14-/m1/s1. The van der Waals surface area contributed by atoms with E-state index in [-0.39, 0.29) is 18.0 Å². The molecule has 19 heavy (non-hydrogen) atoms. The van der Waals surface area contributed by atoms with Gasteiger partial charge in [-0.15, -0.1) is 0 Å². The van der Waals surface area contributed by atoms with E-state index in [2.05, 4.69) is 10.6 Å². The summed E-state index contributed by atoms with van der Waals surface area (Å²) in [6.07, 6.45) is 2.01. The summed E-state index contributed by atoms with van der Waals surface area (Å²) in [4.78, 5) is 12.0. The highest BCUT2D eigenvalue weighted by molar-refractivity contribution is 5.82. The van der Waals surface area contributed by atoms with Gasteiger partial charge in [0.15, 0.2) is 0 Å². The molecule has 0 bridgehead atoms. The topological polar surface area (TPSA) is 50.4 Å². The van der Waals surface area contributed by atoms with Gasteiger partial charge in [0.1, 0.15) is 5.75 Å². The van der Waals surface area contributed by atoms with E-state index in [1.165, 1.54) is 0 Å². The van der Waals surface area contributed by atoms with Crippen molar-refractivity contribution in [1.82, 2.24) is 10.6 Å². The molecule has 4 heteroatoms. The molecule has 2 N–H and O–H groups in total. The van der Waals surface area contributed by atoms with E-state index in [0.717, 1.165) is 30.7 Å². The fourth-order valence-electron chi connectivity index (χ4n) is 2.33. The lowest BCUT2D eigenvalue weighted by Crippen LogP contribution is -2.41. The van der Waals surface area contributed by atoms with Gasteiger partial charge in [-0.25, -0.2) is 0 Å². The van der Waals surface area contributed by atoms with E-state index in [1.54, 1.807) is 0 Å². The van der Waals surface area contributed by atoms with Crippen LogP contribution in [0.2, 0.25) is 0 Å². The monoisotopic (exact) mass is 262 g/mol. The number of hydrogen-bond acceptors (Lipinski definition) is 3. The zero-order valence-corrected chi connectivity index (χ0v) is 11.6. The predicted molar refractivity (Wildman–Crippen MR) is 75.2 cm³/mol. The molecule has 104 valence electrons. The van der Waals surface area contributed by atoms with Crippen LogP contribution in [-0.4, -0.2) is 25.1 Å². The third-order valence-corrected chi connectivity index (χ3v) is 3.43. The number of carbonyl (C=O) groups is 1. The van der Waals surface area contributed by atoms with Gasteiger partial charge in [-0.05, 0) is 50.9 Å². The average Bonchev–Trinajstić information content (AvgIpc) is 2.94. The van der Waals surface area contributed by atoms with Gasteiger partial charge in [0.2, 0.25) is 5.91 Å². The largest absolute Gasteiger partial charge is 0.494 e. The van der Waals surface area contributed by atoms with Crippen molar-refractivity contribution in [3.63, 3.8) is 0 Å². The number of amides is 1. The number of benzene rings is 1. The Kier molecular flexibility index (Phi) is 4.80. The van der Waals surface area contributed by atoms with Gasteiger partial charge in [0.25, 0.3) is 0 Å². The normalized spacial score (nSPS) is 20.0. The second-order valence-corrected chi connectivity index (χ2v) is 4.88. The van der Waals surface area contributed by atoms with Crippen molar-refractivity contribution in [2.45, 2.75) is 38.8 Å². The lowest BCUT2D eigenvalue weighted by Gasteiger charge is -2.18. The molecule has 0 aliphatic carbocycles. The van der Waals surface area contributed by atoms with Crippen LogP contribution in [0.4, 0.5) is 0 Å². The van der Waals surface area contributed by atoms with Gasteiger partial charge in [0.05, 0.1) is 18.7 Å². The van der Waals surface area contributed by atoms with Crippen LogP contribution >= 0.6 is 0 Å². The van der Waals surface area contributed by atoms with Crippen LogP contribution in [-0.2, 0) is 4.79 Å². The minimum absolute atomic E-state index is 0.0191. The van der Waals surface area contributed by atoms with Crippen LogP contribution in [0.5, 0.6) is 5.75 Å². The average molecular weight is 262 g/mol. The van der Waals surface area contributed by atoms with Crippen LogP contribution < -0.4 is 15.4 Å². The fourth-order valence-corrected chi connectivity index (χ4v) is 2.33. The van der Waals surface area contributed by atoms with Crippen LogP contribution in [0.25, 0.3) is 0 Å².